The number of carbonyl (C=O) groups excluding carboxylic acids is 1. The Hall–Kier alpha value is -1.77. The highest BCUT2D eigenvalue weighted by molar-refractivity contribution is 8.00. The first-order chi connectivity index (χ1) is 12.3. The lowest BCUT2D eigenvalue weighted by Crippen LogP contribution is -2.35. The summed E-state index contributed by atoms with van der Waals surface area (Å²) in [5.41, 5.74) is 1.36. The van der Waals surface area contributed by atoms with Crippen LogP contribution in [0.1, 0.15) is 12.5 Å². The number of amides is 1. The summed E-state index contributed by atoms with van der Waals surface area (Å²) in [6, 6.07) is 6.85. The molecule has 0 bridgehead atoms. The summed E-state index contributed by atoms with van der Waals surface area (Å²) in [4.78, 5) is 15.0. The molecule has 2 aliphatic rings. The normalized spacial score (nSPS) is 18.8. The van der Waals surface area contributed by atoms with E-state index in [2.05, 4.69) is 4.72 Å². The van der Waals surface area contributed by atoms with Gasteiger partial charge in [-0.2, -0.15) is 0 Å². The van der Waals surface area contributed by atoms with Gasteiger partial charge in [0.25, 0.3) is 10.0 Å². The second-order valence-corrected chi connectivity index (χ2v) is 9.77. The van der Waals surface area contributed by atoms with Crippen molar-refractivity contribution in [2.24, 2.45) is 0 Å². The largest absolute Gasteiger partial charge is 0.310 e. The molecule has 0 aromatic heterocycles. The van der Waals surface area contributed by atoms with E-state index in [0.29, 0.717) is 17.8 Å². The van der Waals surface area contributed by atoms with Crippen LogP contribution in [0, 0.1) is 5.82 Å². The number of rotatable bonds is 3. The van der Waals surface area contributed by atoms with E-state index in [1.54, 1.807) is 22.7 Å². The fourth-order valence-electron chi connectivity index (χ4n) is 3.26. The molecule has 0 unspecified atom stereocenters. The first-order valence-electron chi connectivity index (χ1n) is 7.87. The minimum atomic E-state index is -3.95. The molecule has 0 radical (unpaired) electrons. The number of hydrogen-bond donors (Lipinski definition) is 1. The number of nitrogens with one attached hydrogen (secondary N) is 1. The zero-order valence-electron chi connectivity index (χ0n) is 13.6. The van der Waals surface area contributed by atoms with E-state index in [9.17, 15) is 17.6 Å². The Kier molecular flexibility index (Phi) is 4.17. The average Bonchev–Trinajstić information content (AvgIpc) is 2.88. The molecule has 1 N–H and O–H groups in total. The maximum Gasteiger partial charge on any atom is 0.262 e. The molecular formula is C17H14ClFN2O3S2. The number of hydrogen-bond acceptors (Lipinski definition) is 4. The predicted molar refractivity (Wildman–Crippen MR) is 100 cm³/mol. The van der Waals surface area contributed by atoms with Gasteiger partial charge in [-0.1, -0.05) is 18.5 Å². The molecule has 0 fully saturated rings. The van der Waals surface area contributed by atoms with Crippen molar-refractivity contribution in [3.05, 3.63) is 46.7 Å². The number of anilines is 2. The lowest BCUT2D eigenvalue weighted by atomic mass is 10.1. The molecule has 2 aliphatic heterocycles. The monoisotopic (exact) mass is 412 g/mol. The Labute approximate surface area is 159 Å². The van der Waals surface area contributed by atoms with E-state index in [-0.39, 0.29) is 33.2 Å². The Morgan fingerprint density at radius 1 is 1.31 bits per heavy atom. The third-order valence-corrected chi connectivity index (χ3v) is 7.22. The van der Waals surface area contributed by atoms with Gasteiger partial charge in [0.05, 0.1) is 27.7 Å². The fraction of sp³-hybridized carbons (Fsp3) is 0.235. The minimum Gasteiger partial charge on any atom is -0.310 e. The standard InChI is InChI=1S/C17H14ClFN2O3S2/c1-9-8-21-16(22)7-11-15(5-4-14(25-9)17(11)21)26(23,24)20-10-2-3-13(19)12(18)6-10/h2-6,9,20H,7-8H2,1H3/t9-/m0/s1. The van der Waals surface area contributed by atoms with Gasteiger partial charge in [-0.3, -0.25) is 9.52 Å². The summed E-state index contributed by atoms with van der Waals surface area (Å²) in [6.07, 6.45) is 0.0525. The van der Waals surface area contributed by atoms with Crippen molar-refractivity contribution in [2.45, 2.75) is 28.4 Å². The van der Waals surface area contributed by atoms with Crippen LogP contribution in [0.25, 0.3) is 0 Å². The quantitative estimate of drug-likeness (QED) is 0.835. The predicted octanol–water partition coefficient (Wildman–Crippen LogP) is 3.66. The summed E-state index contributed by atoms with van der Waals surface area (Å²) in [5, 5.41) is 0.0752. The van der Waals surface area contributed by atoms with Gasteiger partial charge in [-0.15, -0.1) is 11.8 Å². The van der Waals surface area contributed by atoms with E-state index >= 15 is 0 Å². The molecule has 0 saturated heterocycles. The van der Waals surface area contributed by atoms with Gasteiger partial charge in [0, 0.05) is 22.3 Å². The van der Waals surface area contributed by atoms with E-state index in [4.69, 9.17) is 11.6 Å². The maximum atomic E-state index is 13.3. The molecule has 9 heteroatoms. The molecule has 2 heterocycles. The first-order valence-corrected chi connectivity index (χ1v) is 10.6. The van der Waals surface area contributed by atoms with Gasteiger partial charge in [0.15, 0.2) is 0 Å². The van der Waals surface area contributed by atoms with Crippen molar-refractivity contribution in [1.82, 2.24) is 0 Å². The average molecular weight is 413 g/mol. The van der Waals surface area contributed by atoms with Gasteiger partial charge in [0.2, 0.25) is 5.91 Å². The first kappa shape index (κ1) is 17.6. The second kappa shape index (κ2) is 6.14. The van der Waals surface area contributed by atoms with Crippen molar-refractivity contribution >= 4 is 50.7 Å². The van der Waals surface area contributed by atoms with Crippen LogP contribution >= 0.6 is 23.4 Å². The van der Waals surface area contributed by atoms with Crippen LogP contribution in [0.15, 0.2) is 40.1 Å². The third-order valence-electron chi connectivity index (χ3n) is 4.33. The van der Waals surface area contributed by atoms with Crippen LogP contribution in [-0.2, 0) is 21.2 Å². The Balaban J connectivity index is 1.77. The Morgan fingerprint density at radius 2 is 2.08 bits per heavy atom. The molecule has 0 spiro atoms. The molecule has 136 valence electrons. The van der Waals surface area contributed by atoms with Crippen molar-refractivity contribution in [2.75, 3.05) is 16.2 Å². The molecule has 5 nitrogen and oxygen atoms in total. The van der Waals surface area contributed by atoms with Gasteiger partial charge >= 0.3 is 0 Å². The lowest BCUT2D eigenvalue weighted by molar-refractivity contribution is -0.117. The van der Waals surface area contributed by atoms with E-state index in [1.807, 2.05) is 6.92 Å². The highest BCUT2D eigenvalue weighted by Gasteiger charge is 2.38. The SMILES string of the molecule is C[C@H]1CN2C(=O)Cc3c(S(=O)(=O)Nc4ccc(F)c(Cl)c4)ccc(c32)S1. The van der Waals surface area contributed by atoms with Crippen molar-refractivity contribution in [1.29, 1.82) is 0 Å². The maximum absolute atomic E-state index is 13.3. The van der Waals surface area contributed by atoms with Crippen LogP contribution in [0.2, 0.25) is 5.02 Å². The number of sulfonamides is 1. The molecule has 2 aromatic carbocycles. The molecular weight excluding hydrogens is 399 g/mol. The number of halogens is 2. The summed E-state index contributed by atoms with van der Waals surface area (Å²) in [5.74, 6) is -0.727. The lowest BCUT2D eigenvalue weighted by Gasteiger charge is -2.29. The number of benzene rings is 2. The number of carbonyl (C=O) groups is 1. The van der Waals surface area contributed by atoms with Crippen LogP contribution in [-0.4, -0.2) is 26.1 Å². The molecule has 26 heavy (non-hydrogen) atoms. The summed E-state index contributed by atoms with van der Waals surface area (Å²) >= 11 is 7.35. The van der Waals surface area contributed by atoms with Gasteiger partial charge in [-0.05, 0) is 30.3 Å². The smallest absolute Gasteiger partial charge is 0.262 e. The van der Waals surface area contributed by atoms with Crippen LogP contribution in [0.3, 0.4) is 0 Å². The van der Waals surface area contributed by atoms with Gasteiger partial charge < -0.3 is 4.90 Å². The molecule has 2 aromatic rings. The topological polar surface area (TPSA) is 66.5 Å². The molecule has 0 saturated carbocycles. The minimum absolute atomic E-state index is 0.0525. The highest BCUT2D eigenvalue weighted by atomic mass is 35.5. The van der Waals surface area contributed by atoms with Gasteiger partial charge in [0.1, 0.15) is 5.82 Å². The second-order valence-electron chi connectivity index (χ2n) is 6.23. The number of nitrogens with zero attached hydrogens (tertiary/aromatic N) is 1. The van der Waals surface area contributed by atoms with E-state index < -0.39 is 15.8 Å². The molecule has 1 atom stereocenters. The highest BCUT2D eigenvalue weighted by Crippen LogP contribution is 2.46. The zero-order chi connectivity index (χ0) is 18.6. The van der Waals surface area contributed by atoms with Crippen molar-refractivity contribution in [3.63, 3.8) is 0 Å². The molecule has 0 aliphatic carbocycles. The van der Waals surface area contributed by atoms with E-state index in [1.165, 1.54) is 18.2 Å². The molecule has 1 amide bonds. The third kappa shape index (κ3) is 2.86. The Bertz CT molecular complexity index is 1040. The van der Waals surface area contributed by atoms with Gasteiger partial charge in [-0.25, -0.2) is 12.8 Å². The summed E-state index contributed by atoms with van der Waals surface area (Å²) < 4.78 is 41.4. The van der Waals surface area contributed by atoms with Crippen molar-refractivity contribution in [3.8, 4) is 0 Å². The molecule has 4 rings (SSSR count). The van der Waals surface area contributed by atoms with Crippen LogP contribution in [0.5, 0.6) is 0 Å². The van der Waals surface area contributed by atoms with Crippen LogP contribution < -0.4 is 9.62 Å². The summed E-state index contributed by atoms with van der Waals surface area (Å²) in [6.45, 7) is 2.59. The van der Waals surface area contributed by atoms with E-state index in [0.717, 1.165) is 11.0 Å². The van der Waals surface area contributed by atoms with Crippen LogP contribution in [0.4, 0.5) is 15.8 Å². The fourth-order valence-corrected chi connectivity index (χ4v) is 5.87. The zero-order valence-corrected chi connectivity index (χ0v) is 16.0. The van der Waals surface area contributed by atoms with Crippen molar-refractivity contribution < 1.29 is 17.6 Å². The Morgan fingerprint density at radius 3 is 2.81 bits per heavy atom. The number of thioether (sulfide) groups is 1. The summed E-state index contributed by atoms with van der Waals surface area (Å²) in [7, 11) is -3.95.